The molecule has 1 aliphatic rings. The summed E-state index contributed by atoms with van der Waals surface area (Å²) in [6.07, 6.45) is 1.86. The Morgan fingerprint density at radius 1 is 1.25 bits per heavy atom. The van der Waals surface area contributed by atoms with Crippen molar-refractivity contribution in [2.75, 3.05) is 6.54 Å². The van der Waals surface area contributed by atoms with E-state index < -0.39 is 0 Å². The van der Waals surface area contributed by atoms with Crippen LogP contribution in [0.2, 0.25) is 0 Å². The number of H-pyrrole nitrogens is 1. The summed E-state index contributed by atoms with van der Waals surface area (Å²) >= 11 is 0. The van der Waals surface area contributed by atoms with E-state index in [0.717, 1.165) is 31.8 Å². The van der Waals surface area contributed by atoms with Gasteiger partial charge in [-0.15, -0.1) is 10.2 Å². The summed E-state index contributed by atoms with van der Waals surface area (Å²) in [5, 5.41) is 17.3. The van der Waals surface area contributed by atoms with E-state index in [0.29, 0.717) is 0 Å². The average Bonchev–Trinajstić information content (AvgIpc) is 2.82. The quantitative estimate of drug-likeness (QED) is 0.762. The molecule has 5 heteroatoms. The van der Waals surface area contributed by atoms with Gasteiger partial charge in [-0.1, -0.05) is 23.4 Å². The van der Waals surface area contributed by atoms with E-state index in [4.69, 9.17) is 0 Å². The summed E-state index contributed by atoms with van der Waals surface area (Å²) in [7, 11) is 0. The first-order chi connectivity index (χ1) is 7.92. The Balaban J connectivity index is 1.86. The molecule has 1 aromatic heterocycles. The van der Waals surface area contributed by atoms with Crippen molar-refractivity contribution >= 4 is 0 Å². The molecule has 2 heterocycles. The van der Waals surface area contributed by atoms with Crippen LogP contribution >= 0.6 is 0 Å². The second kappa shape index (κ2) is 4.02. The molecule has 2 aromatic rings. The number of tetrazole rings is 1. The summed E-state index contributed by atoms with van der Waals surface area (Å²) in [6.45, 7) is 2.05. The molecule has 0 fully saturated rings. The van der Waals surface area contributed by atoms with Crippen LogP contribution in [0.1, 0.15) is 22.5 Å². The minimum Gasteiger partial charge on any atom is -0.312 e. The van der Waals surface area contributed by atoms with Crippen molar-refractivity contribution in [3.8, 4) is 0 Å². The van der Waals surface area contributed by atoms with Gasteiger partial charge in [-0.05, 0) is 29.7 Å². The van der Waals surface area contributed by atoms with Crippen molar-refractivity contribution in [2.24, 2.45) is 0 Å². The number of hydrogen-bond donors (Lipinski definition) is 2. The lowest BCUT2D eigenvalue weighted by atomic mass is 9.97. The summed E-state index contributed by atoms with van der Waals surface area (Å²) in [4.78, 5) is 0. The smallest absolute Gasteiger partial charge is 0.178 e. The highest BCUT2D eigenvalue weighted by Gasteiger charge is 2.09. The third kappa shape index (κ3) is 1.81. The van der Waals surface area contributed by atoms with Crippen molar-refractivity contribution in [1.82, 2.24) is 25.9 Å². The first kappa shape index (κ1) is 9.47. The molecule has 0 spiro atoms. The van der Waals surface area contributed by atoms with Gasteiger partial charge < -0.3 is 5.32 Å². The van der Waals surface area contributed by atoms with Crippen LogP contribution in [0.4, 0.5) is 0 Å². The van der Waals surface area contributed by atoms with Gasteiger partial charge in [-0.2, -0.15) is 5.21 Å². The van der Waals surface area contributed by atoms with E-state index in [1.54, 1.807) is 0 Å². The zero-order valence-electron chi connectivity index (χ0n) is 8.90. The molecule has 0 radical (unpaired) electrons. The fraction of sp³-hybridized carbons (Fsp3) is 0.364. The number of nitrogens with one attached hydrogen (secondary N) is 2. The second-order valence-electron chi connectivity index (χ2n) is 4.03. The highest BCUT2D eigenvalue weighted by atomic mass is 15.5. The summed E-state index contributed by atoms with van der Waals surface area (Å²) in [5.41, 5.74) is 4.09. The topological polar surface area (TPSA) is 66.5 Å². The summed E-state index contributed by atoms with van der Waals surface area (Å²) in [5.74, 6) is 0.740. The third-order valence-corrected chi connectivity index (χ3v) is 2.91. The second-order valence-corrected chi connectivity index (χ2v) is 4.03. The SMILES string of the molecule is c1cc2c(cc1Cc1nn[nH]n1)CNCC2. The molecule has 1 aliphatic heterocycles. The van der Waals surface area contributed by atoms with Crippen molar-refractivity contribution < 1.29 is 0 Å². The standard InChI is InChI=1S/C11H13N5/c1-2-9-3-4-12-7-10(9)5-8(1)6-11-13-15-16-14-11/h1-2,5,12H,3-4,6-7H2,(H,13,14,15,16). The lowest BCUT2D eigenvalue weighted by Crippen LogP contribution is -2.23. The molecular weight excluding hydrogens is 202 g/mol. The van der Waals surface area contributed by atoms with Crippen molar-refractivity contribution in [1.29, 1.82) is 0 Å². The van der Waals surface area contributed by atoms with Gasteiger partial charge in [-0.3, -0.25) is 0 Å². The first-order valence-corrected chi connectivity index (χ1v) is 5.45. The van der Waals surface area contributed by atoms with E-state index in [9.17, 15) is 0 Å². The molecule has 5 nitrogen and oxygen atoms in total. The van der Waals surface area contributed by atoms with Gasteiger partial charge in [-0.25, -0.2) is 0 Å². The Kier molecular flexibility index (Phi) is 2.38. The minimum atomic E-state index is 0.740. The highest BCUT2D eigenvalue weighted by molar-refractivity contribution is 5.34. The maximum Gasteiger partial charge on any atom is 0.178 e. The molecule has 82 valence electrons. The number of benzene rings is 1. The average molecular weight is 215 g/mol. The number of nitrogens with zero attached hydrogens (tertiary/aromatic N) is 3. The van der Waals surface area contributed by atoms with Gasteiger partial charge in [0.2, 0.25) is 0 Å². The Hall–Kier alpha value is -1.75. The van der Waals surface area contributed by atoms with Gasteiger partial charge in [0.05, 0.1) is 0 Å². The van der Waals surface area contributed by atoms with Crippen molar-refractivity contribution in [3.05, 3.63) is 40.7 Å². The van der Waals surface area contributed by atoms with Crippen molar-refractivity contribution in [2.45, 2.75) is 19.4 Å². The van der Waals surface area contributed by atoms with E-state index in [1.165, 1.54) is 16.7 Å². The molecule has 0 unspecified atom stereocenters. The molecule has 2 N–H and O–H groups in total. The van der Waals surface area contributed by atoms with E-state index in [1.807, 2.05) is 0 Å². The maximum atomic E-state index is 3.96. The van der Waals surface area contributed by atoms with Crippen LogP contribution in [0.25, 0.3) is 0 Å². The van der Waals surface area contributed by atoms with E-state index in [2.05, 4.69) is 44.1 Å². The largest absolute Gasteiger partial charge is 0.312 e. The summed E-state index contributed by atoms with van der Waals surface area (Å²) < 4.78 is 0. The molecular formula is C11H13N5. The molecule has 0 aliphatic carbocycles. The molecule has 3 rings (SSSR count). The minimum absolute atomic E-state index is 0.740. The van der Waals surface area contributed by atoms with Crippen LogP contribution in [0.5, 0.6) is 0 Å². The number of aromatic nitrogens is 4. The van der Waals surface area contributed by atoms with Crippen molar-refractivity contribution in [3.63, 3.8) is 0 Å². The molecule has 0 saturated heterocycles. The Morgan fingerprint density at radius 3 is 3.12 bits per heavy atom. The van der Waals surface area contributed by atoms with Crippen LogP contribution in [0, 0.1) is 0 Å². The maximum absolute atomic E-state index is 3.96. The van der Waals surface area contributed by atoms with Crippen LogP contribution < -0.4 is 5.32 Å². The lowest BCUT2D eigenvalue weighted by molar-refractivity contribution is 0.643. The van der Waals surface area contributed by atoms with Gasteiger partial charge in [0, 0.05) is 13.0 Å². The van der Waals surface area contributed by atoms with Gasteiger partial charge in [0.25, 0.3) is 0 Å². The Labute approximate surface area is 93.3 Å². The van der Waals surface area contributed by atoms with Crippen LogP contribution in [0.15, 0.2) is 18.2 Å². The molecule has 0 amide bonds. The van der Waals surface area contributed by atoms with Crippen LogP contribution in [-0.2, 0) is 19.4 Å². The van der Waals surface area contributed by atoms with E-state index >= 15 is 0 Å². The third-order valence-electron chi connectivity index (χ3n) is 2.91. The number of hydrogen-bond acceptors (Lipinski definition) is 4. The monoisotopic (exact) mass is 215 g/mol. The zero-order chi connectivity index (χ0) is 10.8. The molecule has 0 saturated carbocycles. The van der Waals surface area contributed by atoms with Crippen LogP contribution in [-0.4, -0.2) is 27.2 Å². The first-order valence-electron chi connectivity index (χ1n) is 5.45. The predicted octanol–water partition coefficient (Wildman–Crippen LogP) is 0.436. The fourth-order valence-electron chi connectivity index (χ4n) is 2.08. The number of aromatic amines is 1. The lowest BCUT2D eigenvalue weighted by Gasteiger charge is -2.17. The predicted molar refractivity (Wildman–Crippen MR) is 58.8 cm³/mol. The van der Waals surface area contributed by atoms with E-state index in [-0.39, 0.29) is 0 Å². The fourth-order valence-corrected chi connectivity index (χ4v) is 2.08. The molecule has 0 bridgehead atoms. The van der Waals surface area contributed by atoms with Gasteiger partial charge in [0.15, 0.2) is 5.82 Å². The van der Waals surface area contributed by atoms with Crippen LogP contribution in [0.3, 0.4) is 0 Å². The molecule has 16 heavy (non-hydrogen) atoms. The Bertz CT molecular complexity index is 477. The molecule has 0 atom stereocenters. The normalized spacial score (nSPS) is 14.8. The Morgan fingerprint density at radius 2 is 2.25 bits per heavy atom. The summed E-state index contributed by atoms with van der Waals surface area (Å²) in [6, 6.07) is 6.60. The molecule has 1 aromatic carbocycles. The number of rotatable bonds is 2. The zero-order valence-corrected chi connectivity index (χ0v) is 8.90. The highest BCUT2D eigenvalue weighted by Crippen LogP contribution is 2.16. The van der Waals surface area contributed by atoms with Gasteiger partial charge in [0.1, 0.15) is 0 Å². The van der Waals surface area contributed by atoms with Gasteiger partial charge >= 0.3 is 0 Å². The number of fused-ring (bicyclic) bond motifs is 1.